The molecule has 1 aliphatic rings. The van der Waals surface area contributed by atoms with Gasteiger partial charge in [0.25, 0.3) is 5.91 Å². The van der Waals surface area contributed by atoms with Crippen LogP contribution < -0.4 is 5.73 Å². The zero-order chi connectivity index (χ0) is 12.4. The first-order valence-electron chi connectivity index (χ1n) is 5.89. The van der Waals surface area contributed by atoms with E-state index in [1.54, 1.807) is 17.0 Å². The van der Waals surface area contributed by atoms with Crippen molar-refractivity contribution >= 4 is 18.3 Å². The SMILES string of the molecule is CC(N)C1CCN(C(=O)c2ccccc2F)C1.Cl. The van der Waals surface area contributed by atoms with Crippen molar-refractivity contribution in [3.63, 3.8) is 0 Å². The van der Waals surface area contributed by atoms with Crippen molar-refractivity contribution in [1.29, 1.82) is 0 Å². The summed E-state index contributed by atoms with van der Waals surface area (Å²) >= 11 is 0. The number of halogens is 2. The van der Waals surface area contributed by atoms with Crippen LogP contribution in [0.1, 0.15) is 23.7 Å². The van der Waals surface area contributed by atoms with Gasteiger partial charge in [-0.1, -0.05) is 12.1 Å². The molecular weight excluding hydrogens is 255 g/mol. The molecule has 2 unspecified atom stereocenters. The summed E-state index contributed by atoms with van der Waals surface area (Å²) in [6.07, 6.45) is 0.901. The van der Waals surface area contributed by atoms with Gasteiger partial charge < -0.3 is 10.6 Å². The minimum Gasteiger partial charge on any atom is -0.338 e. The second kappa shape index (κ2) is 6.16. The third-order valence-corrected chi connectivity index (χ3v) is 3.36. The summed E-state index contributed by atoms with van der Waals surface area (Å²) in [6.45, 7) is 3.24. The molecule has 18 heavy (non-hydrogen) atoms. The summed E-state index contributed by atoms with van der Waals surface area (Å²) in [6, 6.07) is 6.17. The molecule has 1 amide bonds. The normalized spacial score (nSPS) is 20.4. The van der Waals surface area contributed by atoms with Crippen molar-refractivity contribution in [2.75, 3.05) is 13.1 Å². The molecule has 0 aromatic heterocycles. The summed E-state index contributed by atoms with van der Waals surface area (Å²) in [4.78, 5) is 13.8. The Hall–Kier alpha value is -1.13. The van der Waals surface area contributed by atoms with Crippen molar-refractivity contribution in [3.8, 4) is 0 Å². The van der Waals surface area contributed by atoms with E-state index in [1.807, 2.05) is 6.92 Å². The molecule has 2 atom stereocenters. The molecule has 0 radical (unpaired) electrons. The molecule has 0 spiro atoms. The van der Waals surface area contributed by atoms with E-state index in [0.717, 1.165) is 6.42 Å². The number of rotatable bonds is 2. The fourth-order valence-corrected chi connectivity index (χ4v) is 2.21. The lowest BCUT2D eigenvalue weighted by atomic mass is 10.0. The highest BCUT2D eigenvalue weighted by Gasteiger charge is 2.29. The van der Waals surface area contributed by atoms with E-state index in [9.17, 15) is 9.18 Å². The van der Waals surface area contributed by atoms with Gasteiger partial charge in [0.05, 0.1) is 5.56 Å². The summed E-state index contributed by atoms with van der Waals surface area (Å²) in [5.41, 5.74) is 5.97. The van der Waals surface area contributed by atoms with Crippen LogP contribution in [0.25, 0.3) is 0 Å². The van der Waals surface area contributed by atoms with Crippen molar-refractivity contribution < 1.29 is 9.18 Å². The second-order valence-corrected chi connectivity index (χ2v) is 4.64. The Bertz CT molecular complexity index is 425. The number of hydrogen-bond donors (Lipinski definition) is 1. The Balaban J connectivity index is 0.00000162. The minimum absolute atomic E-state index is 0. The third-order valence-electron chi connectivity index (χ3n) is 3.36. The summed E-state index contributed by atoms with van der Waals surface area (Å²) < 4.78 is 13.5. The van der Waals surface area contributed by atoms with E-state index >= 15 is 0 Å². The van der Waals surface area contributed by atoms with Crippen LogP contribution in [0.2, 0.25) is 0 Å². The minimum atomic E-state index is -0.457. The fourth-order valence-electron chi connectivity index (χ4n) is 2.21. The molecule has 0 saturated carbocycles. The predicted octanol–water partition coefficient (Wildman–Crippen LogP) is 2.06. The van der Waals surface area contributed by atoms with Gasteiger partial charge in [-0.25, -0.2) is 4.39 Å². The monoisotopic (exact) mass is 272 g/mol. The molecule has 100 valence electrons. The number of nitrogens with two attached hydrogens (primary N) is 1. The first kappa shape index (κ1) is 14.9. The molecule has 1 fully saturated rings. The van der Waals surface area contributed by atoms with Gasteiger partial charge in [0.15, 0.2) is 0 Å². The lowest BCUT2D eigenvalue weighted by molar-refractivity contribution is 0.0781. The quantitative estimate of drug-likeness (QED) is 0.896. The highest BCUT2D eigenvalue weighted by Crippen LogP contribution is 2.21. The van der Waals surface area contributed by atoms with Gasteiger partial charge in [-0.15, -0.1) is 12.4 Å². The van der Waals surface area contributed by atoms with Gasteiger partial charge in [-0.3, -0.25) is 4.79 Å². The van der Waals surface area contributed by atoms with Crippen molar-refractivity contribution in [3.05, 3.63) is 35.6 Å². The Morgan fingerprint density at radius 1 is 1.50 bits per heavy atom. The second-order valence-electron chi connectivity index (χ2n) is 4.64. The largest absolute Gasteiger partial charge is 0.338 e. The lowest BCUT2D eigenvalue weighted by Crippen LogP contribution is -2.33. The molecule has 1 aromatic rings. The van der Waals surface area contributed by atoms with Crippen LogP contribution in [0.15, 0.2) is 24.3 Å². The van der Waals surface area contributed by atoms with Crippen LogP contribution in [0.5, 0.6) is 0 Å². The Morgan fingerprint density at radius 2 is 2.17 bits per heavy atom. The van der Waals surface area contributed by atoms with Crippen molar-refractivity contribution in [2.24, 2.45) is 11.7 Å². The average Bonchev–Trinajstić information content (AvgIpc) is 2.78. The predicted molar refractivity (Wildman–Crippen MR) is 71.3 cm³/mol. The zero-order valence-electron chi connectivity index (χ0n) is 10.3. The zero-order valence-corrected chi connectivity index (χ0v) is 11.1. The van der Waals surface area contributed by atoms with E-state index in [0.29, 0.717) is 19.0 Å². The van der Waals surface area contributed by atoms with Crippen molar-refractivity contribution in [2.45, 2.75) is 19.4 Å². The standard InChI is InChI=1S/C13H17FN2O.ClH/c1-9(15)10-6-7-16(8-10)13(17)11-4-2-3-5-12(11)14;/h2-5,9-10H,6-8,15H2,1H3;1H. The van der Waals surface area contributed by atoms with Gasteiger partial charge in [0, 0.05) is 19.1 Å². The van der Waals surface area contributed by atoms with Crippen LogP contribution in [-0.4, -0.2) is 29.9 Å². The van der Waals surface area contributed by atoms with Crippen LogP contribution >= 0.6 is 12.4 Å². The van der Waals surface area contributed by atoms with Gasteiger partial charge in [0.2, 0.25) is 0 Å². The fraction of sp³-hybridized carbons (Fsp3) is 0.462. The third kappa shape index (κ3) is 3.00. The number of amides is 1. The highest BCUT2D eigenvalue weighted by molar-refractivity contribution is 5.94. The molecule has 2 rings (SSSR count). The first-order valence-corrected chi connectivity index (χ1v) is 5.89. The van der Waals surface area contributed by atoms with E-state index < -0.39 is 5.82 Å². The highest BCUT2D eigenvalue weighted by atomic mass is 35.5. The van der Waals surface area contributed by atoms with E-state index in [2.05, 4.69) is 0 Å². The summed E-state index contributed by atoms with van der Waals surface area (Å²) in [7, 11) is 0. The molecule has 1 aromatic carbocycles. The number of benzene rings is 1. The van der Waals surface area contributed by atoms with Crippen LogP contribution in [0, 0.1) is 11.7 Å². The maximum Gasteiger partial charge on any atom is 0.256 e. The number of carbonyl (C=O) groups excluding carboxylic acids is 1. The van der Waals surface area contributed by atoms with Gasteiger partial charge in [-0.05, 0) is 31.4 Å². The van der Waals surface area contributed by atoms with E-state index in [4.69, 9.17) is 5.73 Å². The molecule has 3 nitrogen and oxygen atoms in total. The number of carbonyl (C=O) groups is 1. The van der Waals surface area contributed by atoms with Gasteiger partial charge >= 0.3 is 0 Å². The molecule has 0 aliphatic carbocycles. The topological polar surface area (TPSA) is 46.3 Å². The Morgan fingerprint density at radius 3 is 2.72 bits per heavy atom. The number of hydrogen-bond acceptors (Lipinski definition) is 2. The molecule has 1 saturated heterocycles. The van der Waals surface area contributed by atoms with Gasteiger partial charge in [0.1, 0.15) is 5.82 Å². The first-order chi connectivity index (χ1) is 8.09. The van der Waals surface area contributed by atoms with E-state index in [1.165, 1.54) is 12.1 Å². The Labute approximate surface area is 113 Å². The lowest BCUT2D eigenvalue weighted by Gasteiger charge is -2.18. The van der Waals surface area contributed by atoms with Crippen LogP contribution in [0.3, 0.4) is 0 Å². The molecular formula is C13H18ClFN2O. The number of likely N-dealkylation sites (tertiary alicyclic amines) is 1. The smallest absolute Gasteiger partial charge is 0.256 e. The molecule has 1 aliphatic heterocycles. The van der Waals surface area contributed by atoms with E-state index in [-0.39, 0.29) is 29.9 Å². The average molecular weight is 273 g/mol. The van der Waals surface area contributed by atoms with Gasteiger partial charge in [-0.2, -0.15) is 0 Å². The summed E-state index contributed by atoms with van der Waals surface area (Å²) in [5, 5.41) is 0. The maximum atomic E-state index is 13.5. The van der Waals surface area contributed by atoms with Crippen LogP contribution in [-0.2, 0) is 0 Å². The molecule has 5 heteroatoms. The number of nitrogens with zero attached hydrogens (tertiary/aromatic N) is 1. The molecule has 1 heterocycles. The van der Waals surface area contributed by atoms with Crippen LogP contribution in [0.4, 0.5) is 4.39 Å². The molecule has 0 bridgehead atoms. The molecule has 2 N–H and O–H groups in total. The van der Waals surface area contributed by atoms with Crippen molar-refractivity contribution in [1.82, 2.24) is 4.90 Å². The maximum absolute atomic E-state index is 13.5. The summed E-state index contributed by atoms with van der Waals surface area (Å²) in [5.74, 6) is -0.362. The Kier molecular flexibility index (Phi) is 5.11.